The molecule has 1 aliphatic rings. The lowest BCUT2D eigenvalue weighted by Gasteiger charge is -2.11. The fourth-order valence-electron chi connectivity index (χ4n) is 1.65. The average Bonchev–Trinajstić information content (AvgIpc) is 2.81. The van der Waals surface area contributed by atoms with Crippen LogP contribution in [0.3, 0.4) is 0 Å². The van der Waals surface area contributed by atoms with E-state index in [4.69, 9.17) is 9.47 Å². The van der Waals surface area contributed by atoms with Crippen LogP contribution in [0.2, 0.25) is 0 Å². The van der Waals surface area contributed by atoms with E-state index in [0.717, 1.165) is 45.2 Å². The summed E-state index contributed by atoms with van der Waals surface area (Å²) in [5, 5.41) is 6.14. The molecule has 0 saturated carbocycles. The van der Waals surface area contributed by atoms with Gasteiger partial charge in [-0.1, -0.05) is 0 Å². The molecule has 5 nitrogen and oxygen atoms in total. The number of rotatable bonds is 6. The van der Waals surface area contributed by atoms with Crippen LogP contribution in [-0.2, 0) is 9.47 Å². The van der Waals surface area contributed by atoms with Crippen LogP contribution in [0.25, 0.3) is 0 Å². The monoisotopic (exact) mass is 229 g/mol. The number of hydrogen-bond donors (Lipinski definition) is 2. The van der Waals surface area contributed by atoms with Crippen molar-refractivity contribution >= 4 is 5.96 Å². The summed E-state index contributed by atoms with van der Waals surface area (Å²) in [5.41, 5.74) is 0. The molecule has 0 bridgehead atoms. The summed E-state index contributed by atoms with van der Waals surface area (Å²) in [5.74, 6) is 0.819. The molecule has 0 aromatic rings. The van der Waals surface area contributed by atoms with Crippen LogP contribution >= 0.6 is 0 Å². The molecule has 1 fully saturated rings. The van der Waals surface area contributed by atoms with Crippen LogP contribution in [-0.4, -0.2) is 52.5 Å². The molecule has 16 heavy (non-hydrogen) atoms. The van der Waals surface area contributed by atoms with Crippen molar-refractivity contribution in [2.45, 2.75) is 25.4 Å². The summed E-state index contributed by atoms with van der Waals surface area (Å²) < 4.78 is 11.0. The molecule has 0 aliphatic carbocycles. The van der Waals surface area contributed by atoms with Gasteiger partial charge >= 0.3 is 0 Å². The van der Waals surface area contributed by atoms with E-state index < -0.39 is 0 Å². The molecule has 1 unspecified atom stereocenters. The van der Waals surface area contributed by atoms with Gasteiger partial charge in [0.15, 0.2) is 5.96 Å². The molecule has 0 aromatic heterocycles. The molecule has 0 radical (unpaired) electrons. The maximum atomic E-state index is 5.54. The molecule has 1 aliphatic heterocycles. The zero-order chi connectivity index (χ0) is 11.6. The topological polar surface area (TPSA) is 54.9 Å². The SMILES string of the molecule is CN=C(NC)NCCCOCC1CCCO1. The Morgan fingerprint density at radius 3 is 3.06 bits per heavy atom. The molecule has 2 N–H and O–H groups in total. The Hall–Kier alpha value is -0.810. The van der Waals surface area contributed by atoms with Crippen LogP contribution in [0.4, 0.5) is 0 Å². The molecule has 1 heterocycles. The second-order valence-corrected chi connectivity index (χ2v) is 3.81. The number of nitrogens with zero attached hydrogens (tertiary/aromatic N) is 1. The lowest BCUT2D eigenvalue weighted by atomic mass is 10.2. The molecular weight excluding hydrogens is 206 g/mol. The van der Waals surface area contributed by atoms with Crippen molar-refractivity contribution in [1.82, 2.24) is 10.6 Å². The van der Waals surface area contributed by atoms with E-state index in [0.29, 0.717) is 6.10 Å². The Kier molecular flexibility index (Phi) is 6.92. The lowest BCUT2D eigenvalue weighted by molar-refractivity contribution is 0.0168. The van der Waals surface area contributed by atoms with Gasteiger partial charge in [-0.3, -0.25) is 4.99 Å². The van der Waals surface area contributed by atoms with Crippen LogP contribution in [0.15, 0.2) is 4.99 Å². The van der Waals surface area contributed by atoms with E-state index in [-0.39, 0.29) is 0 Å². The Morgan fingerprint density at radius 1 is 1.56 bits per heavy atom. The van der Waals surface area contributed by atoms with E-state index in [9.17, 15) is 0 Å². The van der Waals surface area contributed by atoms with Crippen molar-refractivity contribution in [2.24, 2.45) is 4.99 Å². The van der Waals surface area contributed by atoms with Gasteiger partial charge < -0.3 is 20.1 Å². The van der Waals surface area contributed by atoms with E-state index in [1.165, 1.54) is 6.42 Å². The first-order chi connectivity index (χ1) is 7.86. The summed E-state index contributed by atoms with van der Waals surface area (Å²) in [6, 6.07) is 0. The van der Waals surface area contributed by atoms with Crippen LogP contribution in [0, 0.1) is 0 Å². The zero-order valence-corrected chi connectivity index (χ0v) is 10.3. The fraction of sp³-hybridized carbons (Fsp3) is 0.909. The van der Waals surface area contributed by atoms with Crippen LogP contribution in [0.5, 0.6) is 0 Å². The van der Waals surface area contributed by atoms with Crippen molar-refractivity contribution in [3.05, 3.63) is 0 Å². The number of ether oxygens (including phenoxy) is 2. The van der Waals surface area contributed by atoms with Crippen molar-refractivity contribution in [1.29, 1.82) is 0 Å². The molecule has 94 valence electrons. The van der Waals surface area contributed by atoms with Gasteiger partial charge in [0.05, 0.1) is 12.7 Å². The van der Waals surface area contributed by atoms with E-state index >= 15 is 0 Å². The van der Waals surface area contributed by atoms with Gasteiger partial charge in [-0.2, -0.15) is 0 Å². The maximum Gasteiger partial charge on any atom is 0.190 e. The van der Waals surface area contributed by atoms with Gasteiger partial charge in [-0.05, 0) is 19.3 Å². The molecular formula is C11H23N3O2. The largest absolute Gasteiger partial charge is 0.379 e. The lowest BCUT2D eigenvalue weighted by Crippen LogP contribution is -2.35. The highest BCUT2D eigenvalue weighted by molar-refractivity contribution is 5.79. The van der Waals surface area contributed by atoms with Gasteiger partial charge in [0.1, 0.15) is 0 Å². The van der Waals surface area contributed by atoms with Gasteiger partial charge in [0.2, 0.25) is 0 Å². The molecule has 0 amide bonds. The third-order valence-electron chi connectivity index (χ3n) is 2.55. The minimum Gasteiger partial charge on any atom is -0.379 e. The van der Waals surface area contributed by atoms with E-state index in [1.54, 1.807) is 7.05 Å². The van der Waals surface area contributed by atoms with Crippen molar-refractivity contribution in [3.63, 3.8) is 0 Å². The Morgan fingerprint density at radius 2 is 2.44 bits per heavy atom. The third kappa shape index (κ3) is 5.32. The zero-order valence-electron chi connectivity index (χ0n) is 10.3. The summed E-state index contributed by atoms with van der Waals surface area (Å²) >= 11 is 0. The fourth-order valence-corrected chi connectivity index (χ4v) is 1.65. The van der Waals surface area contributed by atoms with Crippen molar-refractivity contribution in [2.75, 3.05) is 40.5 Å². The molecule has 1 atom stereocenters. The highest BCUT2D eigenvalue weighted by atomic mass is 16.5. The second kappa shape index (κ2) is 8.35. The van der Waals surface area contributed by atoms with Gasteiger partial charge in [-0.15, -0.1) is 0 Å². The number of guanidine groups is 1. The Bertz CT molecular complexity index is 203. The number of hydrogen-bond acceptors (Lipinski definition) is 3. The van der Waals surface area contributed by atoms with Gasteiger partial charge in [0, 0.05) is 33.9 Å². The minimum atomic E-state index is 0.332. The summed E-state index contributed by atoms with van der Waals surface area (Å²) in [6.07, 6.45) is 3.63. The molecule has 1 rings (SSSR count). The van der Waals surface area contributed by atoms with Crippen LogP contribution in [0.1, 0.15) is 19.3 Å². The first-order valence-corrected chi connectivity index (χ1v) is 5.94. The van der Waals surface area contributed by atoms with Crippen molar-refractivity contribution < 1.29 is 9.47 Å². The van der Waals surface area contributed by atoms with Gasteiger partial charge in [-0.25, -0.2) is 0 Å². The maximum absolute atomic E-state index is 5.54. The van der Waals surface area contributed by atoms with Crippen molar-refractivity contribution in [3.8, 4) is 0 Å². The molecule has 1 saturated heterocycles. The number of nitrogens with one attached hydrogen (secondary N) is 2. The summed E-state index contributed by atoms with van der Waals surface area (Å²) in [7, 11) is 3.61. The standard InChI is InChI=1S/C11H23N3O2/c1-12-11(13-2)14-6-4-7-15-9-10-5-3-8-16-10/h10H,3-9H2,1-2H3,(H2,12,13,14). The Balaban J connectivity index is 1.87. The van der Waals surface area contributed by atoms with E-state index in [2.05, 4.69) is 15.6 Å². The van der Waals surface area contributed by atoms with Gasteiger partial charge in [0.25, 0.3) is 0 Å². The highest BCUT2D eigenvalue weighted by Crippen LogP contribution is 2.11. The normalized spacial score (nSPS) is 21.1. The summed E-state index contributed by atoms with van der Waals surface area (Å²) in [4.78, 5) is 4.02. The Labute approximate surface area is 97.6 Å². The smallest absolute Gasteiger partial charge is 0.190 e. The predicted octanol–water partition coefficient (Wildman–Crippen LogP) is 0.367. The third-order valence-corrected chi connectivity index (χ3v) is 2.55. The molecule has 0 aromatic carbocycles. The average molecular weight is 229 g/mol. The molecule has 5 heteroatoms. The quantitative estimate of drug-likeness (QED) is 0.392. The summed E-state index contributed by atoms with van der Waals surface area (Å²) in [6.45, 7) is 3.28. The molecule has 0 spiro atoms. The highest BCUT2D eigenvalue weighted by Gasteiger charge is 2.14. The number of aliphatic imine (C=N–C) groups is 1. The second-order valence-electron chi connectivity index (χ2n) is 3.81. The first-order valence-electron chi connectivity index (χ1n) is 5.94. The van der Waals surface area contributed by atoms with Crippen LogP contribution < -0.4 is 10.6 Å². The minimum absolute atomic E-state index is 0.332. The van der Waals surface area contributed by atoms with E-state index in [1.807, 2.05) is 7.05 Å². The first kappa shape index (κ1) is 13.3. The predicted molar refractivity (Wildman–Crippen MR) is 64.8 cm³/mol.